The van der Waals surface area contributed by atoms with Crippen molar-refractivity contribution in [2.24, 2.45) is 0 Å². The maximum absolute atomic E-state index is 9.76. The topological polar surface area (TPSA) is 61.8 Å². The molecule has 1 aromatic carbocycles. The van der Waals surface area contributed by atoms with E-state index < -0.39 is 0 Å². The second-order valence-corrected chi connectivity index (χ2v) is 8.59. The lowest BCUT2D eigenvalue weighted by Gasteiger charge is -2.03. The van der Waals surface area contributed by atoms with E-state index in [1.165, 1.54) is 0 Å². The molecular formula is C26H19N3OS. The highest BCUT2D eigenvalue weighted by atomic mass is 32.1. The molecular weight excluding hydrogens is 402 g/mol. The largest absolute Gasteiger partial charge is 0.508 e. The van der Waals surface area contributed by atoms with Crippen LogP contribution in [0.25, 0.3) is 55.9 Å². The number of nitrogens with one attached hydrogen (secondary N) is 1. The van der Waals surface area contributed by atoms with Crippen LogP contribution >= 0.6 is 11.3 Å². The van der Waals surface area contributed by atoms with E-state index in [2.05, 4.69) is 35.3 Å². The monoisotopic (exact) mass is 421 g/mol. The van der Waals surface area contributed by atoms with Crippen molar-refractivity contribution in [2.75, 3.05) is 0 Å². The van der Waals surface area contributed by atoms with Gasteiger partial charge in [0.15, 0.2) is 0 Å². The van der Waals surface area contributed by atoms with Gasteiger partial charge in [-0.2, -0.15) is 0 Å². The average molecular weight is 422 g/mol. The Balaban J connectivity index is 0.00000216. The van der Waals surface area contributed by atoms with Crippen LogP contribution in [0.5, 0.6) is 5.75 Å². The number of H-pyrrole nitrogens is 1. The van der Waals surface area contributed by atoms with E-state index in [9.17, 15) is 5.11 Å². The van der Waals surface area contributed by atoms with Gasteiger partial charge >= 0.3 is 0 Å². The molecule has 0 amide bonds. The average Bonchev–Trinajstić information content (AvgIpc) is 3.55. The van der Waals surface area contributed by atoms with Gasteiger partial charge in [-0.1, -0.05) is 12.1 Å². The van der Waals surface area contributed by atoms with Gasteiger partial charge in [0, 0.05) is 27.4 Å². The summed E-state index contributed by atoms with van der Waals surface area (Å²) in [7, 11) is 0. The van der Waals surface area contributed by atoms with Gasteiger partial charge in [-0.25, -0.2) is 9.97 Å². The maximum Gasteiger partial charge on any atom is 0.115 e. The van der Waals surface area contributed by atoms with Crippen molar-refractivity contribution in [1.82, 2.24) is 15.0 Å². The molecule has 0 aliphatic carbocycles. The van der Waals surface area contributed by atoms with Gasteiger partial charge in [0.25, 0.3) is 0 Å². The Morgan fingerprint density at radius 3 is 2.26 bits per heavy atom. The fraction of sp³-hybridized carbons (Fsp3) is 0. The predicted octanol–water partition coefficient (Wildman–Crippen LogP) is 7.01. The minimum Gasteiger partial charge on any atom is -0.508 e. The van der Waals surface area contributed by atoms with Crippen molar-refractivity contribution in [1.29, 1.82) is 0 Å². The molecule has 4 nitrogen and oxygen atoms in total. The van der Waals surface area contributed by atoms with Crippen LogP contribution in [-0.4, -0.2) is 20.1 Å². The van der Waals surface area contributed by atoms with Crippen molar-refractivity contribution < 1.29 is 6.53 Å². The molecule has 4 aromatic rings. The number of phenols is 1. The van der Waals surface area contributed by atoms with Gasteiger partial charge in [0.2, 0.25) is 0 Å². The third kappa shape index (κ3) is 3.45. The number of aromatic nitrogens is 3. The zero-order valence-electron chi connectivity index (χ0n) is 16.4. The lowest BCUT2D eigenvalue weighted by molar-refractivity contribution is 0.475. The summed E-state index contributed by atoms with van der Waals surface area (Å²) in [5.74, 6) is 0.250. The Kier molecular flexibility index (Phi) is 4.08. The minimum absolute atomic E-state index is 0. The van der Waals surface area contributed by atoms with Crippen LogP contribution < -0.4 is 0 Å². The quantitative estimate of drug-likeness (QED) is 0.300. The summed E-state index contributed by atoms with van der Waals surface area (Å²) in [6, 6.07) is 21.9. The van der Waals surface area contributed by atoms with Crippen molar-refractivity contribution in [3.8, 4) is 16.9 Å². The first-order valence-corrected chi connectivity index (χ1v) is 10.8. The standard InChI is InChI=1S/C26H17N3OS.H2/c30-22-8-1-16(2-9-22)26-24-11-7-20(29-24)14-19-4-3-17(27-19)13-18-5-6-21(28-18)15-23-10-12-25(26)31-23;/h1-15,28,30H;1H. The highest BCUT2D eigenvalue weighted by molar-refractivity contribution is 7.23. The Hall–Kier alpha value is -3.96. The Labute approximate surface area is 184 Å². The van der Waals surface area contributed by atoms with Crippen molar-refractivity contribution >= 4 is 56.1 Å². The summed E-state index contributed by atoms with van der Waals surface area (Å²) < 4.78 is 2.28. The van der Waals surface area contributed by atoms with Crippen LogP contribution in [0.4, 0.5) is 0 Å². The zero-order valence-corrected chi connectivity index (χ0v) is 17.2. The second-order valence-electron chi connectivity index (χ2n) is 7.48. The molecule has 0 radical (unpaired) electrons. The van der Waals surface area contributed by atoms with Gasteiger partial charge in [-0.3, -0.25) is 0 Å². The summed E-state index contributed by atoms with van der Waals surface area (Å²) in [4.78, 5) is 13.0. The summed E-state index contributed by atoms with van der Waals surface area (Å²) in [5, 5.41) is 9.76. The normalized spacial score (nSPS) is 12.4. The number of aromatic amines is 1. The first-order chi connectivity index (χ1) is 15.2. The minimum atomic E-state index is 0. The Bertz CT molecular complexity index is 1550. The van der Waals surface area contributed by atoms with Gasteiger partial charge in [0.1, 0.15) is 5.75 Å². The molecule has 0 spiro atoms. The summed E-state index contributed by atoms with van der Waals surface area (Å²) >= 11 is 1.72. The fourth-order valence-corrected chi connectivity index (χ4v) is 4.86. The second kappa shape index (κ2) is 7.07. The van der Waals surface area contributed by atoms with E-state index in [4.69, 9.17) is 9.97 Å². The third-order valence-electron chi connectivity index (χ3n) is 5.26. The molecule has 8 bridgehead atoms. The number of fused-ring (bicyclic) bond motifs is 8. The molecule has 150 valence electrons. The molecule has 31 heavy (non-hydrogen) atoms. The molecule has 2 aliphatic rings. The number of rotatable bonds is 1. The smallest absolute Gasteiger partial charge is 0.115 e. The van der Waals surface area contributed by atoms with Crippen LogP contribution in [0.15, 0.2) is 66.7 Å². The molecule has 6 rings (SSSR count). The number of thiophene rings is 1. The van der Waals surface area contributed by atoms with Gasteiger partial charge in [-0.15, -0.1) is 11.3 Å². The van der Waals surface area contributed by atoms with Crippen molar-refractivity contribution in [3.63, 3.8) is 0 Å². The Morgan fingerprint density at radius 1 is 0.710 bits per heavy atom. The van der Waals surface area contributed by atoms with Crippen LogP contribution in [0, 0.1) is 0 Å². The van der Waals surface area contributed by atoms with Crippen LogP contribution in [0.1, 0.15) is 24.2 Å². The van der Waals surface area contributed by atoms with E-state index in [0.29, 0.717) is 0 Å². The molecule has 0 saturated carbocycles. The maximum atomic E-state index is 9.76. The highest BCUT2D eigenvalue weighted by Gasteiger charge is 2.11. The number of nitrogens with zero attached hydrogens (tertiary/aromatic N) is 2. The molecule has 2 aliphatic heterocycles. The van der Waals surface area contributed by atoms with Crippen LogP contribution in [-0.2, 0) is 0 Å². The molecule has 0 unspecified atom stereocenters. The number of hydrogen-bond donors (Lipinski definition) is 2. The van der Waals surface area contributed by atoms with Crippen LogP contribution in [0.2, 0.25) is 0 Å². The lowest BCUT2D eigenvalue weighted by Crippen LogP contribution is -1.83. The summed E-state index contributed by atoms with van der Waals surface area (Å²) in [6.45, 7) is 0. The Morgan fingerprint density at radius 2 is 1.42 bits per heavy atom. The molecule has 0 saturated heterocycles. The first-order valence-electron chi connectivity index (χ1n) is 9.97. The van der Waals surface area contributed by atoms with E-state index in [1.54, 1.807) is 23.5 Å². The van der Waals surface area contributed by atoms with Crippen LogP contribution in [0.3, 0.4) is 0 Å². The van der Waals surface area contributed by atoms with E-state index in [-0.39, 0.29) is 7.18 Å². The molecule has 3 aromatic heterocycles. The van der Waals surface area contributed by atoms with Gasteiger partial charge in [0.05, 0.1) is 22.8 Å². The molecule has 5 heteroatoms. The summed E-state index contributed by atoms with van der Waals surface area (Å²) in [5.41, 5.74) is 7.69. The van der Waals surface area contributed by atoms with E-state index in [1.807, 2.05) is 48.6 Å². The van der Waals surface area contributed by atoms with E-state index in [0.717, 1.165) is 54.3 Å². The van der Waals surface area contributed by atoms with E-state index >= 15 is 0 Å². The zero-order chi connectivity index (χ0) is 20.8. The highest BCUT2D eigenvalue weighted by Crippen LogP contribution is 2.34. The SMILES string of the molecule is Oc1ccc(-c2c3nc(cc4nc(cc5ccc(cc6ccc2s6)[nH]5)C=C4)C=C3)cc1.[HH]. The molecule has 0 fully saturated rings. The third-order valence-corrected chi connectivity index (χ3v) is 6.31. The number of aromatic hydroxyl groups is 1. The summed E-state index contributed by atoms with van der Waals surface area (Å²) in [6.07, 6.45) is 8.08. The fourth-order valence-electron chi connectivity index (χ4n) is 3.82. The number of benzene rings is 1. The molecule has 0 atom stereocenters. The number of phenolic OH excluding ortho intramolecular Hbond substituents is 1. The lowest BCUT2D eigenvalue weighted by atomic mass is 10.0. The predicted molar refractivity (Wildman–Crippen MR) is 132 cm³/mol. The van der Waals surface area contributed by atoms with Crippen molar-refractivity contribution in [2.45, 2.75) is 0 Å². The number of hydrogen-bond acceptors (Lipinski definition) is 4. The van der Waals surface area contributed by atoms with Gasteiger partial charge in [-0.05, 0) is 84.5 Å². The van der Waals surface area contributed by atoms with Crippen molar-refractivity contribution in [3.05, 3.63) is 89.5 Å². The first kappa shape index (κ1) is 17.9. The molecule has 5 heterocycles. The molecule has 2 N–H and O–H groups in total. The van der Waals surface area contributed by atoms with Gasteiger partial charge < -0.3 is 10.1 Å².